The van der Waals surface area contributed by atoms with Crippen molar-refractivity contribution in [3.63, 3.8) is 0 Å². The second-order valence-electron chi connectivity index (χ2n) is 7.40. The number of H-pyrrole nitrogens is 1. The molecule has 1 amide bonds. The molecule has 1 aromatic carbocycles. The van der Waals surface area contributed by atoms with Crippen LogP contribution in [0, 0.1) is 5.82 Å². The summed E-state index contributed by atoms with van der Waals surface area (Å²) in [4.78, 5) is 29.3. The molecule has 1 N–H and O–H groups in total. The third kappa shape index (κ3) is 2.74. The van der Waals surface area contributed by atoms with Crippen LogP contribution in [0.2, 0.25) is 0 Å². The van der Waals surface area contributed by atoms with Crippen molar-refractivity contribution in [1.29, 1.82) is 0 Å². The molecule has 1 aliphatic carbocycles. The maximum atomic E-state index is 13.2. The van der Waals surface area contributed by atoms with Crippen molar-refractivity contribution in [3.05, 3.63) is 54.2 Å². The van der Waals surface area contributed by atoms with Crippen LogP contribution in [0.5, 0.6) is 0 Å². The van der Waals surface area contributed by atoms with E-state index in [0.717, 1.165) is 49.2 Å². The van der Waals surface area contributed by atoms with Crippen LogP contribution in [0.3, 0.4) is 0 Å². The van der Waals surface area contributed by atoms with Crippen molar-refractivity contribution in [2.75, 3.05) is 24.5 Å². The van der Waals surface area contributed by atoms with E-state index in [9.17, 15) is 9.18 Å². The highest BCUT2D eigenvalue weighted by Crippen LogP contribution is 2.45. The molecule has 0 atom stereocenters. The molecule has 0 unspecified atom stereocenters. The molecule has 0 bridgehead atoms. The van der Waals surface area contributed by atoms with Crippen LogP contribution in [0.25, 0.3) is 11.0 Å². The molecule has 138 valence electrons. The Hall–Kier alpha value is -2.96. The molecular weight excluding hydrogens is 345 g/mol. The van der Waals surface area contributed by atoms with Gasteiger partial charge in [-0.25, -0.2) is 14.4 Å². The predicted octanol–water partition coefficient (Wildman–Crippen LogP) is 2.98. The van der Waals surface area contributed by atoms with E-state index < -0.39 is 0 Å². The summed E-state index contributed by atoms with van der Waals surface area (Å²) in [6.45, 7) is 2.30. The summed E-state index contributed by atoms with van der Waals surface area (Å²) in [5.74, 6) is 0.585. The minimum Gasteiger partial charge on any atom is -0.354 e. The first-order valence-electron chi connectivity index (χ1n) is 9.27. The number of anilines is 1. The normalized spacial score (nSPS) is 18.7. The molecule has 3 aromatic rings. The Labute approximate surface area is 156 Å². The summed E-state index contributed by atoms with van der Waals surface area (Å²) in [7, 11) is 0. The Morgan fingerprint density at radius 2 is 1.93 bits per heavy atom. The maximum absolute atomic E-state index is 13.2. The lowest BCUT2D eigenvalue weighted by Crippen LogP contribution is -2.46. The monoisotopic (exact) mass is 365 g/mol. The average molecular weight is 365 g/mol. The molecule has 2 aromatic heterocycles. The molecule has 2 fully saturated rings. The van der Waals surface area contributed by atoms with Gasteiger partial charge >= 0.3 is 0 Å². The van der Waals surface area contributed by atoms with Crippen LogP contribution in [-0.2, 0) is 0 Å². The van der Waals surface area contributed by atoms with Crippen molar-refractivity contribution < 1.29 is 9.18 Å². The molecule has 1 saturated heterocycles. The number of nitrogens with zero attached hydrogens (tertiary/aromatic N) is 4. The van der Waals surface area contributed by atoms with Gasteiger partial charge in [-0.2, -0.15) is 0 Å². The van der Waals surface area contributed by atoms with Crippen LogP contribution in [0.15, 0.2) is 42.9 Å². The molecule has 1 aliphatic heterocycles. The lowest BCUT2D eigenvalue weighted by molar-refractivity contribution is 0.0669. The highest BCUT2D eigenvalue weighted by Gasteiger charge is 2.52. The lowest BCUT2D eigenvalue weighted by atomic mass is 10.1. The van der Waals surface area contributed by atoms with Gasteiger partial charge in [-0.15, -0.1) is 0 Å². The molecule has 5 rings (SSSR count). The number of aromatic nitrogens is 3. The Bertz CT molecular complexity index is 995. The fourth-order valence-corrected chi connectivity index (χ4v) is 4.11. The van der Waals surface area contributed by atoms with Gasteiger partial charge in [0, 0.05) is 31.4 Å². The smallest absolute Gasteiger partial charge is 0.254 e. The molecule has 1 spiro atoms. The second-order valence-corrected chi connectivity index (χ2v) is 7.40. The summed E-state index contributed by atoms with van der Waals surface area (Å²) in [5, 5.41) is 1.01. The first-order chi connectivity index (χ1) is 13.2. The minimum atomic E-state index is -0.325. The van der Waals surface area contributed by atoms with Crippen LogP contribution in [-0.4, -0.2) is 50.9 Å². The number of hydrogen-bond donors (Lipinski definition) is 1. The SMILES string of the molecule is O=C(c1ccc(F)cc1)N1CCCN(c2ncnc3[nH]ccc23)CC12CC2. The highest BCUT2D eigenvalue weighted by atomic mass is 19.1. The van der Waals surface area contributed by atoms with Crippen molar-refractivity contribution >= 4 is 22.8 Å². The number of rotatable bonds is 2. The number of aromatic amines is 1. The van der Waals surface area contributed by atoms with E-state index in [1.54, 1.807) is 18.5 Å². The number of benzene rings is 1. The number of hydrogen-bond acceptors (Lipinski definition) is 4. The van der Waals surface area contributed by atoms with Gasteiger partial charge in [0.2, 0.25) is 0 Å². The molecule has 7 heteroatoms. The minimum absolute atomic E-state index is 0.0103. The third-order valence-electron chi connectivity index (χ3n) is 5.66. The largest absolute Gasteiger partial charge is 0.354 e. The first-order valence-corrected chi connectivity index (χ1v) is 9.27. The molecule has 3 heterocycles. The van der Waals surface area contributed by atoms with Gasteiger partial charge in [-0.05, 0) is 49.6 Å². The summed E-state index contributed by atoms with van der Waals surface area (Å²) >= 11 is 0. The van der Waals surface area contributed by atoms with Crippen LogP contribution in [0.1, 0.15) is 29.6 Å². The molecule has 6 nitrogen and oxygen atoms in total. The number of fused-ring (bicyclic) bond motifs is 1. The van der Waals surface area contributed by atoms with Gasteiger partial charge in [0.25, 0.3) is 5.91 Å². The molecule has 2 aliphatic rings. The predicted molar refractivity (Wildman–Crippen MR) is 100 cm³/mol. The zero-order chi connectivity index (χ0) is 18.4. The van der Waals surface area contributed by atoms with Crippen molar-refractivity contribution in [3.8, 4) is 0 Å². The van der Waals surface area contributed by atoms with Gasteiger partial charge in [0.1, 0.15) is 23.6 Å². The standard InChI is InChI=1S/C20H20FN5O/c21-15-4-2-14(3-5-15)19(27)26-11-1-10-25(12-20(26)7-8-20)18-16-6-9-22-17(16)23-13-24-18/h2-6,9,13H,1,7-8,10-12H2,(H,22,23,24). The number of amides is 1. The van der Waals surface area contributed by atoms with Gasteiger partial charge < -0.3 is 14.8 Å². The highest BCUT2D eigenvalue weighted by molar-refractivity contribution is 5.95. The molecular formula is C20H20FN5O. The third-order valence-corrected chi connectivity index (χ3v) is 5.66. The molecule has 1 saturated carbocycles. The topological polar surface area (TPSA) is 65.1 Å². The van der Waals surface area contributed by atoms with Crippen molar-refractivity contribution in [2.24, 2.45) is 0 Å². The van der Waals surface area contributed by atoms with E-state index in [4.69, 9.17) is 0 Å². The summed E-state index contributed by atoms with van der Waals surface area (Å²) < 4.78 is 13.2. The van der Waals surface area contributed by atoms with E-state index in [-0.39, 0.29) is 17.3 Å². The quantitative estimate of drug-likeness (QED) is 0.758. The van der Waals surface area contributed by atoms with Gasteiger partial charge in [-0.1, -0.05) is 0 Å². The second kappa shape index (κ2) is 6.04. The maximum Gasteiger partial charge on any atom is 0.254 e. The Morgan fingerprint density at radius 3 is 2.70 bits per heavy atom. The zero-order valence-electron chi connectivity index (χ0n) is 14.9. The molecule has 27 heavy (non-hydrogen) atoms. The van der Waals surface area contributed by atoms with Gasteiger partial charge in [0.05, 0.1) is 10.9 Å². The average Bonchev–Trinajstić information content (AvgIpc) is 3.34. The van der Waals surface area contributed by atoms with Crippen LogP contribution in [0.4, 0.5) is 10.2 Å². The first kappa shape index (κ1) is 16.2. The number of nitrogens with one attached hydrogen (secondary N) is 1. The van der Waals surface area contributed by atoms with Gasteiger partial charge in [-0.3, -0.25) is 4.79 Å². The number of halogens is 1. The number of carbonyl (C=O) groups excluding carboxylic acids is 1. The summed E-state index contributed by atoms with van der Waals surface area (Å²) in [6.07, 6.45) is 6.29. The van der Waals surface area contributed by atoms with E-state index in [1.165, 1.54) is 12.1 Å². The fourth-order valence-electron chi connectivity index (χ4n) is 4.11. The Balaban J connectivity index is 1.45. The van der Waals surface area contributed by atoms with Crippen LogP contribution < -0.4 is 4.90 Å². The van der Waals surface area contributed by atoms with E-state index in [2.05, 4.69) is 19.9 Å². The lowest BCUT2D eigenvalue weighted by Gasteiger charge is -2.32. The molecule has 0 radical (unpaired) electrons. The fraction of sp³-hybridized carbons (Fsp3) is 0.350. The van der Waals surface area contributed by atoms with Crippen molar-refractivity contribution in [2.45, 2.75) is 24.8 Å². The summed E-state index contributed by atoms with van der Waals surface area (Å²) in [5.41, 5.74) is 1.22. The van der Waals surface area contributed by atoms with E-state index in [1.807, 2.05) is 17.2 Å². The Morgan fingerprint density at radius 1 is 1.11 bits per heavy atom. The van der Waals surface area contributed by atoms with E-state index in [0.29, 0.717) is 12.1 Å². The zero-order valence-corrected chi connectivity index (χ0v) is 14.9. The van der Waals surface area contributed by atoms with E-state index >= 15 is 0 Å². The number of carbonyl (C=O) groups is 1. The van der Waals surface area contributed by atoms with Crippen LogP contribution >= 0.6 is 0 Å². The van der Waals surface area contributed by atoms with Crippen molar-refractivity contribution in [1.82, 2.24) is 19.9 Å². The Kier molecular flexibility index (Phi) is 3.63. The van der Waals surface area contributed by atoms with Gasteiger partial charge in [0.15, 0.2) is 0 Å². The summed E-state index contributed by atoms with van der Waals surface area (Å²) in [6, 6.07) is 7.84.